The molecule has 0 saturated heterocycles. The van der Waals surface area contributed by atoms with Gasteiger partial charge in [0.1, 0.15) is 5.92 Å². The number of primary amides is 1. The van der Waals surface area contributed by atoms with Crippen molar-refractivity contribution in [2.75, 3.05) is 0 Å². The van der Waals surface area contributed by atoms with E-state index in [-0.39, 0.29) is 12.0 Å². The maximum Gasteiger partial charge on any atom is 0.314 e. The minimum atomic E-state index is -1.39. The number of hydrogen-bond donors (Lipinski definition) is 3. The van der Waals surface area contributed by atoms with Crippen molar-refractivity contribution in [1.29, 1.82) is 0 Å². The van der Waals surface area contributed by atoms with Crippen molar-refractivity contribution < 1.29 is 19.5 Å². The molecule has 1 unspecified atom stereocenters. The Bertz CT molecular complexity index is 501. The number of carbonyl (C=O) groups excluding carboxylic acids is 2. The maximum atomic E-state index is 12.1. The summed E-state index contributed by atoms with van der Waals surface area (Å²) in [6.45, 7) is 0. The van der Waals surface area contributed by atoms with Gasteiger partial charge in [0.25, 0.3) is 0 Å². The Kier molecular flexibility index (Phi) is 5.20. The minimum absolute atomic E-state index is 0.243. The van der Waals surface area contributed by atoms with Crippen LogP contribution in [-0.4, -0.2) is 28.8 Å². The van der Waals surface area contributed by atoms with Crippen molar-refractivity contribution in [2.24, 2.45) is 17.4 Å². The number of amides is 1. The smallest absolute Gasteiger partial charge is 0.314 e. The average molecular weight is 329 g/mol. The number of hydrogen-bond acceptors (Lipinski definition) is 4. The Balaban J connectivity index is 2.93. The zero-order valence-electron chi connectivity index (χ0n) is 9.88. The number of ketones is 1. The van der Waals surface area contributed by atoms with Crippen molar-refractivity contribution >= 4 is 33.6 Å². The number of carboxylic acid groups (broad SMARTS) is 1. The molecule has 102 valence electrons. The molecule has 19 heavy (non-hydrogen) atoms. The first-order valence-electron chi connectivity index (χ1n) is 5.40. The first-order valence-corrected chi connectivity index (χ1v) is 6.19. The number of benzene rings is 1. The van der Waals surface area contributed by atoms with E-state index in [0.29, 0.717) is 0 Å². The third-order valence-electron chi connectivity index (χ3n) is 2.60. The second kappa shape index (κ2) is 6.44. The highest BCUT2D eigenvalue weighted by Gasteiger charge is 2.30. The molecule has 0 aliphatic heterocycles. The highest BCUT2D eigenvalue weighted by molar-refractivity contribution is 9.10. The zero-order valence-corrected chi connectivity index (χ0v) is 11.5. The molecule has 1 aromatic rings. The van der Waals surface area contributed by atoms with Crippen LogP contribution >= 0.6 is 15.9 Å². The number of rotatable bonds is 6. The summed E-state index contributed by atoms with van der Waals surface area (Å²) in [7, 11) is 0. The highest BCUT2D eigenvalue weighted by atomic mass is 79.9. The van der Waals surface area contributed by atoms with Gasteiger partial charge in [0.05, 0.1) is 6.04 Å². The van der Waals surface area contributed by atoms with E-state index >= 15 is 0 Å². The molecule has 7 heteroatoms. The standard InChI is InChI=1S/C12H13BrN2O4/c13-7-3-1-6(2-4-7)10(16)8(12(18)19)5-9(14)11(15)17/h1-4,8-9H,5,14H2,(H2,15,17)(H,18,19)/t8?,9-/m0/s1. The van der Waals surface area contributed by atoms with Crippen molar-refractivity contribution in [3.8, 4) is 0 Å². The molecule has 1 amide bonds. The molecular formula is C12H13BrN2O4. The van der Waals surface area contributed by atoms with Gasteiger partial charge in [-0.05, 0) is 18.6 Å². The van der Waals surface area contributed by atoms with Crippen LogP contribution in [0.4, 0.5) is 0 Å². The number of Topliss-reactive ketones (excluding diaryl/α,β-unsaturated/α-hetero) is 1. The Hall–Kier alpha value is -1.73. The number of halogens is 1. The predicted octanol–water partition coefficient (Wildman–Crippen LogP) is 0.535. The highest BCUT2D eigenvalue weighted by Crippen LogP contribution is 2.17. The van der Waals surface area contributed by atoms with Crippen LogP contribution in [-0.2, 0) is 9.59 Å². The molecule has 0 saturated carbocycles. The molecular weight excluding hydrogens is 316 g/mol. The van der Waals surface area contributed by atoms with E-state index in [1.807, 2.05) is 0 Å². The van der Waals surface area contributed by atoms with E-state index < -0.39 is 29.6 Å². The van der Waals surface area contributed by atoms with Gasteiger partial charge in [-0.25, -0.2) is 0 Å². The Morgan fingerprint density at radius 1 is 1.21 bits per heavy atom. The number of nitrogens with two attached hydrogens (primary N) is 2. The van der Waals surface area contributed by atoms with Crippen molar-refractivity contribution in [2.45, 2.75) is 12.5 Å². The number of carbonyl (C=O) groups is 3. The van der Waals surface area contributed by atoms with Crippen LogP contribution in [0.3, 0.4) is 0 Å². The zero-order chi connectivity index (χ0) is 14.6. The summed E-state index contributed by atoms with van der Waals surface area (Å²) >= 11 is 3.21. The maximum absolute atomic E-state index is 12.1. The van der Waals surface area contributed by atoms with Gasteiger partial charge in [0, 0.05) is 10.0 Å². The van der Waals surface area contributed by atoms with Crippen LogP contribution < -0.4 is 11.5 Å². The van der Waals surface area contributed by atoms with Gasteiger partial charge in [0.2, 0.25) is 5.91 Å². The summed E-state index contributed by atoms with van der Waals surface area (Å²) in [5.41, 5.74) is 10.6. The molecule has 6 nitrogen and oxygen atoms in total. The third-order valence-corrected chi connectivity index (χ3v) is 3.13. The van der Waals surface area contributed by atoms with E-state index in [1.165, 1.54) is 12.1 Å². The van der Waals surface area contributed by atoms with E-state index in [2.05, 4.69) is 15.9 Å². The monoisotopic (exact) mass is 328 g/mol. The van der Waals surface area contributed by atoms with Gasteiger partial charge >= 0.3 is 5.97 Å². The van der Waals surface area contributed by atoms with Crippen LogP contribution in [0.1, 0.15) is 16.8 Å². The lowest BCUT2D eigenvalue weighted by Gasteiger charge is -2.14. The molecule has 1 rings (SSSR count). The minimum Gasteiger partial charge on any atom is -0.481 e. The van der Waals surface area contributed by atoms with Crippen LogP contribution in [0.15, 0.2) is 28.7 Å². The molecule has 2 atom stereocenters. The normalized spacial score (nSPS) is 13.6. The fourth-order valence-electron chi connectivity index (χ4n) is 1.51. The summed E-state index contributed by atoms with van der Waals surface area (Å²) in [6.07, 6.45) is -0.320. The fourth-order valence-corrected chi connectivity index (χ4v) is 1.77. The van der Waals surface area contributed by atoms with E-state index in [9.17, 15) is 14.4 Å². The van der Waals surface area contributed by atoms with E-state index in [1.54, 1.807) is 12.1 Å². The van der Waals surface area contributed by atoms with Crippen LogP contribution in [0.5, 0.6) is 0 Å². The van der Waals surface area contributed by atoms with Crippen molar-refractivity contribution in [1.82, 2.24) is 0 Å². The van der Waals surface area contributed by atoms with Crippen LogP contribution in [0.2, 0.25) is 0 Å². The second-order valence-corrected chi connectivity index (χ2v) is 4.92. The number of carboxylic acids is 1. The lowest BCUT2D eigenvalue weighted by Crippen LogP contribution is -2.41. The van der Waals surface area contributed by atoms with Crippen LogP contribution in [0.25, 0.3) is 0 Å². The van der Waals surface area contributed by atoms with Crippen LogP contribution in [0, 0.1) is 5.92 Å². The third kappa shape index (κ3) is 4.15. The second-order valence-electron chi connectivity index (χ2n) is 4.01. The molecule has 0 bridgehead atoms. The summed E-state index contributed by atoms with van der Waals surface area (Å²) < 4.78 is 0.768. The van der Waals surface area contributed by atoms with Gasteiger partial charge in [-0.1, -0.05) is 28.1 Å². The molecule has 0 aliphatic rings. The van der Waals surface area contributed by atoms with Gasteiger partial charge < -0.3 is 16.6 Å². The summed E-state index contributed by atoms with van der Waals surface area (Å²) in [5.74, 6) is -4.15. The molecule has 0 spiro atoms. The molecule has 1 aromatic carbocycles. The number of aliphatic carboxylic acids is 1. The van der Waals surface area contributed by atoms with E-state index in [0.717, 1.165) is 4.47 Å². The molecule has 0 heterocycles. The Labute approximate surface area is 117 Å². The summed E-state index contributed by atoms with van der Waals surface area (Å²) in [4.78, 5) is 34.0. The average Bonchev–Trinajstić information content (AvgIpc) is 2.35. The van der Waals surface area contributed by atoms with Gasteiger partial charge in [-0.2, -0.15) is 0 Å². The van der Waals surface area contributed by atoms with Gasteiger partial charge in [-0.15, -0.1) is 0 Å². The quantitative estimate of drug-likeness (QED) is 0.519. The first-order chi connectivity index (χ1) is 8.82. The molecule has 0 aromatic heterocycles. The van der Waals surface area contributed by atoms with Gasteiger partial charge in [0.15, 0.2) is 5.78 Å². The fraction of sp³-hybridized carbons (Fsp3) is 0.250. The Morgan fingerprint density at radius 2 is 1.74 bits per heavy atom. The van der Waals surface area contributed by atoms with Crippen molar-refractivity contribution in [3.63, 3.8) is 0 Å². The molecule has 0 fully saturated rings. The largest absolute Gasteiger partial charge is 0.481 e. The lowest BCUT2D eigenvalue weighted by molar-refractivity contribution is -0.140. The molecule has 0 radical (unpaired) electrons. The molecule has 0 aliphatic carbocycles. The first kappa shape index (κ1) is 15.3. The van der Waals surface area contributed by atoms with Crippen molar-refractivity contribution in [3.05, 3.63) is 34.3 Å². The Morgan fingerprint density at radius 3 is 2.16 bits per heavy atom. The van der Waals surface area contributed by atoms with Gasteiger partial charge in [-0.3, -0.25) is 14.4 Å². The lowest BCUT2D eigenvalue weighted by atomic mass is 9.91. The molecule has 5 N–H and O–H groups in total. The van der Waals surface area contributed by atoms with E-state index in [4.69, 9.17) is 16.6 Å². The topological polar surface area (TPSA) is 123 Å². The SMILES string of the molecule is NC(=O)[C@@H](N)CC(C(=O)O)C(=O)c1ccc(Br)cc1. The summed E-state index contributed by atoms with van der Waals surface area (Å²) in [6, 6.07) is 5.08. The summed E-state index contributed by atoms with van der Waals surface area (Å²) in [5, 5.41) is 9.05. The predicted molar refractivity (Wildman–Crippen MR) is 71.4 cm³/mol.